The molecule has 2 heterocycles. The normalized spacial score (nSPS) is 18.1. The van der Waals surface area contributed by atoms with Crippen LogP contribution in [0.25, 0.3) is 0 Å². The van der Waals surface area contributed by atoms with E-state index in [4.69, 9.17) is 9.84 Å². The fourth-order valence-electron chi connectivity index (χ4n) is 1.27. The Morgan fingerprint density at radius 1 is 1.71 bits per heavy atom. The van der Waals surface area contributed by atoms with Crippen molar-refractivity contribution in [2.45, 2.75) is 18.9 Å². The van der Waals surface area contributed by atoms with Crippen molar-refractivity contribution in [2.24, 2.45) is 0 Å². The van der Waals surface area contributed by atoms with Gasteiger partial charge in [-0.15, -0.1) is 0 Å². The number of hydrogen-bond acceptors (Lipinski definition) is 5. The first kappa shape index (κ1) is 13.2. The van der Waals surface area contributed by atoms with Gasteiger partial charge >= 0.3 is 5.97 Å². The Hall–Kier alpha value is -1.89. The van der Waals surface area contributed by atoms with Crippen LogP contribution in [0.15, 0.2) is 17.1 Å². The van der Waals surface area contributed by atoms with Crippen LogP contribution in [-0.4, -0.2) is 40.8 Å². The van der Waals surface area contributed by atoms with Gasteiger partial charge in [-0.2, -0.15) is 0 Å². The molecule has 7 nitrogen and oxygen atoms in total. The molecule has 1 atom stereocenters. The summed E-state index contributed by atoms with van der Waals surface area (Å²) in [5.74, 6) is -0.343. The summed E-state index contributed by atoms with van der Waals surface area (Å²) in [5.41, 5.74) is -0.144. The fraction of sp³-hybridized carbons (Fsp3) is 0.500. The molecule has 0 aliphatic carbocycles. The van der Waals surface area contributed by atoms with Gasteiger partial charge in [0.1, 0.15) is 0 Å². The van der Waals surface area contributed by atoms with Crippen LogP contribution in [0.3, 0.4) is 0 Å². The van der Waals surface area contributed by atoms with Crippen molar-refractivity contribution in [2.75, 3.05) is 19.0 Å². The van der Waals surface area contributed by atoms with E-state index in [2.05, 4.69) is 15.3 Å². The number of nitrogens with zero attached hydrogens (tertiary/aromatic N) is 1. The summed E-state index contributed by atoms with van der Waals surface area (Å²) >= 11 is 0. The number of carboxylic acids is 1. The number of aromatic amines is 1. The Balaban J connectivity index is 0.000000171. The summed E-state index contributed by atoms with van der Waals surface area (Å²) in [5, 5.41) is 11.0. The van der Waals surface area contributed by atoms with Crippen molar-refractivity contribution in [3.05, 3.63) is 22.6 Å². The smallest absolute Gasteiger partial charge is 0.332 e. The number of ether oxygens (including phenoxy) is 1. The summed E-state index contributed by atoms with van der Waals surface area (Å²) in [6, 6.07) is 1.36. The summed E-state index contributed by atoms with van der Waals surface area (Å²) in [6.45, 7) is 0.608. The molecule has 1 aliphatic rings. The van der Waals surface area contributed by atoms with E-state index in [1.165, 1.54) is 12.3 Å². The average molecular weight is 241 g/mol. The first-order valence-electron chi connectivity index (χ1n) is 5.21. The van der Waals surface area contributed by atoms with E-state index in [0.717, 1.165) is 6.42 Å². The van der Waals surface area contributed by atoms with Crippen molar-refractivity contribution >= 4 is 11.9 Å². The minimum Gasteiger partial charge on any atom is -0.479 e. The number of aliphatic carboxylic acids is 1. The first-order chi connectivity index (χ1) is 8.13. The van der Waals surface area contributed by atoms with Crippen LogP contribution < -0.4 is 10.9 Å². The van der Waals surface area contributed by atoms with Crippen LogP contribution >= 0.6 is 0 Å². The first-order valence-corrected chi connectivity index (χ1v) is 5.21. The van der Waals surface area contributed by atoms with Gasteiger partial charge < -0.3 is 15.2 Å². The molecule has 0 aromatic carbocycles. The number of anilines is 1. The lowest BCUT2D eigenvalue weighted by molar-refractivity contribution is -0.147. The topological polar surface area (TPSA) is 104 Å². The molecule has 1 unspecified atom stereocenters. The van der Waals surface area contributed by atoms with E-state index in [1.807, 2.05) is 0 Å². The lowest BCUT2D eigenvalue weighted by atomic mass is 10.2. The number of rotatable bonds is 2. The number of aromatic nitrogens is 2. The highest BCUT2D eigenvalue weighted by Crippen LogP contribution is 2.10. The van der Waals surface area contributed by atoms with Crippen molar-refractivity contribution in [1.82, 2.24) is 9.97 Å². The largest absolute Gasteiger partial charge is 0.479 e. The second kappa shape index (κ2) is 6.64. The quantitative estimate of drug-likeness (QED) is 0.676. The van der Waals surface area contributed by atoms with Crippen LogP contribution in [0.1, 0.15) is 12.8 Å². The third-order valence-electron chi connectivity index (χ3n) is 2.11. The highest BCUT2D eigenvalue weighted by atomic mass is 16.5. The SMILES string of the molecule is CNc1nccc(=O)[nH]1.O=C(O)C1CCCO1. The Morgan fingerprint density at radius 2 is 2.47 bits per heavy atom. The third kappa shape index (κ3) is 4.64. The van der Waals surface area contributed by atoms with Crippen molar-refractivity contribution < 1.29 is 14.6 Å². The van der Waals surface area contributed by atoms with E-state index < -0.39 is 12.1 Å². The Labute approximate surface area is 97.8 Å². The van der Waals surface area contributed by atoms with Gasteiger partial charge in [0.2, 0.25) is 5.95 Å². The third-order valence-corrected chi connectivity index (χ3v) is 2.11. The van der Waals surface area contributed by atoms with Gasteiger partial charge in [-0.25, -0.2) is 9.78 Å². The maximum absolute atomic E-state index is 10.5. The zero-order valence-electron chi connectivity index (χ0n) is 9.47. The molecule has 3 N–H and O–H groups in total. The van der Waals surface area contributed by atoms with Gasteiger partial charge in [0.25, 0.3) is 5.56 Å². The van der Waals surface area contributed by atoms with Crippen molar-refractivity contribution in [1.29, 1.82) is 0 Å². The predicted octanol–water partition coefficient (Wildman–Crippen LogP) is 0.0616. The van der Waals surface area contributed by atoms with Crippen LogP contribution in [0.4, 0.5) is 5.95 Å². The Bertz CT molecular complexity index is 412. The predicted molar refractivity (Wildman–Crippen MR) is 61.0 cm³/mol. The maximum Gasteiger partial charge on any atom is 0.332 e. The summed E-state index contributed by atoms with van der Waals surface area (Å²) < 4.78 is 4.81. The van der Waals surface area contributed by atoms with Gasteiger partial charge in [-0.3, -0.25) is 9.78 Å². The molecule has 0 radical (unpaired) electrons. The molecule has 1 fully saturated rings. The summed E-state index contributed by atoms with van der Waals surface area (Å²) in [6.07, 6.45) is 2.49. The molecule has 0 saturated carbocycles. The molecular weight excluding hydrogens is 226 g/mol. The Morgan fingerprint density at radius 3 is 2.82 bits per heavy atom. The van der Waals surface area contributed by atoms with E-state index in [-0.39, 0.29) is 5.56 Å². The zero-order valence-corrected chi connectivity index (χ0v) is 9.47. The molecule has 1 saturated heterocycles. The highest BCUT2D eigenvalue weighted by Gasteiger charge is 2.21. The molecule has 94 valence electrons. The second-order valence-electron chi connectivity index (χ2n) is 3.37. The number of H-pyrrole nitrogens is 1. The molecule has 1 aromatic heterocycles. The van der Waals surface area contributed by atoms with E-state index in [9.17, 15) is 9.59 Å². The number of carbonyl (C=O) groups is 1. The Kier molecular flexibility index (Phi) is 5.15. The number of carboxylic acid groups (broad SMARTS) is 1. The van der Waals surface area contributed by atoms with Crippen LogP contribution in [0.5, 0.6) is 0 Å². The molecular formula is C10H15N3O4. The fourth-order valence-corrected chi connectivity index (χ4v) is 1.27. The van der Waals surface area contributed by atoms with Gasteiger partial charge in [-0.05, 0) is 12.8 Å². The molecule has 2 rings (SSSR count). The van der Waals surface area contributed by atoms with Gasteiger partial charge in [0, 0.05) is 25.9 Å². The minimum absolute atomic E-state index is 0.144. The second-order valence-corrected chi connectivity index (χ2v) is 3.37. The average Bonchev–Trinajstić information content (AvgIpc) is 2.83. The molecule has 17 heavy (non-hydrogen) atoms. The molecule has 0 bridgehead atoms. The van der Waals surface area contributed by atoms with E-state index in [1.54, 1.807) is 7.05 Å². The van der Waals surface area contributed by atoms with Crippen LogP contribution in [0.2, 0.25) is 0 Å². The molecule has 0 amide bonds. The van der Waals surface area contributed by atoms with Crippen LogP contribution in [-0.2, 0) is 9.53 Å². The molecule has 1 aromatic rings. The van der Waals surface area contributed by atoms with Gasteiger partial charge in [-0.1, -0.05) is 0 Å². The van der Waals surface area contributed by atoms with E-state index >= 15 is 0 Å². The lowest BCUT2D eigenvalue weighted by Gasteiger charge is -1.98. The van der Waals surface area contributed by atoms with Gasteiger partial charge in [0.05, 0.1) is 0 Å². The number of nitrogens with one attached hydrogen (secondary N) is 2. The number of hydrogen-bond donors (Lipinski definition) is 3. The zero-order chi connectivity index (χ0) is 12.7. The van der Waals surface area contributed by atoms with Crippen LogP contribution in [0, 0.1) is 0 Å². The van der Waals surface area contributed by atoms with Gasteiger partial charge in [0.15, 0.2) is 6.10 Å². The summed E-state index contributed by atoms with van der Waals surface area (Å²) in [7, 11) is 1.69. The molecule has 1 aliphatic heterocycles. The lowest BCUT2D eigenvalue weighted by Crippen LogP contribution is -2.17. The molecule has 0 spiro atoms. The molecule has 7 heteroatoms. The van der Waals surface area contributed by atoms with E-state index in [0.29, 0.717) is 19.0 Å². The highest BCUT2D eigenvalue weighted by molar-refractivity contribution is 5.72. The summed E-state index contributed by atoms with van der Waals surface area (Å²) in [4.78, 5) is 26.9. The monoisotopic (exact) mass is 241 g/mol. The van der Waals surface area contributed by atoms with Crippen molar-refractivity contribution in [3.8, 4) is 0 Å². The standard InChI is InChI=1S/C5H7N3O.C5H8O3/c1-6-5-7-3-2-4(9)8-5;6-5(7)4-2-1-3-8-4/h2-3H,1H3,(H2,6,7,8,9);4H,1-3H2,(H,6,7). The minimum atomic E-state index is -0.831. The van der Waals surface area contributed by atoms with Crippen molar-refractivity contribution in [3.63, 3.8) is 0 Å². The maximum atomic E-state index is 10.5.